The lowest BCUT2D eigenvalue weighted by Crippen LogP contribution is -2.53. The summed E-state index contributed by atoms with van der Waals surface area (Å²) < 4.78 is 10.1. The maximum absolute atomic E-state index is 12.8. The highest BCUT2D eigenvalue weighted by atomic mass is 16.5. The van der Waals surface area contributed by atoms with Crippen LogP contribution in [-0.4, -0.2) is 90.2 Å². The number of amides is 2. The molecule has 0 bridgehead atoms. The lowest BCUT2D eigenvalue weighted by atomic mass is 9.92. The molecule has 0 spiro atoms. The van der Waals surface area contributed by atoms with E-state index in [9.17, 15) is 9.59 Å². The van der Waals surface area contributed by atoms with Gasteiger partial charge in [0.25, 0.3) is 5.91 Å². The molecule has 148 valence electrons. The van der Waals surface area contributed by atoms with Gasteiger partial charge in [-0.1, -0.05) is 5.16 Å². The second-order valence-corrected chi connectivity index (χ2v) is 7.68. The lowest BCUT2D eigenvalue weighted by Gasteiger charge is -2.42. The van der Waals surface area contributed by atoms with E-state index in [4.69, 9.17) is 9.26 Å². The normalized spacial score (nSPS) is 25.6. The van der Waals surface area contributed by atoms with Gasteiger partial charge in [0.15, 0.2) is 5.69 Å². The topological polar surface area (TPSA) is 79.1 Å². The molecule has 4 rings (SSSR count). The SMILES string of the molecule is O=C(c1ccon1)N1CCC(N2CCCC(C(=O)N3CCOCC3)C2)CC1. The summed E-state index contributed by atoms with van der Waals surface area (Å²) in [6, 6.07) is 2.06. The number of likely N-dealkylation sites (tertiary alicyclic amines) is 2. The van der Waals surface area contributed by atoms with Crippen LogP contribution < -0.4 is 0 Å². The number of ether oxygens (including phenoxy) is 1. The van der Waals surface area contributed by atoms with Crippen LogP contribution in [0.3, 0.4) is 0 Å². The maximum atomic E-state index is 12.8. The Morgan fingerprint density at radius 3 is 2.48 bits per heavy atom. The first-order valence-corrected chi connectivity index (χ1v) is 10.0. The van der Waals surface area contributed by atoms with Gasteiger partial charge in [0.2, 0.25) is 5.91 Å². The van der Waals surface area contributed by atoms with Gasteiger partial charge in [0, 0.05) is 44.8 Å². The molecule has 3 saturated heterocycles. The molecular weight excluding hydrogens is 348 g/mol. The molecule has 0 radical (unpaired) electrons. The summed E-state index contributed by atoms with van der Waals surface area (Å²) >= 11 is 0. The predicted octanol–water partition coefficient (Wildman–Crippen LogP) is 0.850. The predicted molar refractivity (Wildman–Crippen MR) is 97.1 cm³/mol. The van der Waals surface area contributed by atoms with Crippen LogP contribution in [-0.2, 0) is 9.53 Å². The third kappa shape index (κ3) is 4.16. The number of rotatable bonds is 3. The van der Waals surface area contributed by atoms with Crippen LogP contribution >= 0.6 is 0 Å². The summed E-state index contributed by atoms with van der Waals surface area (Å²) in [5, 5.41) is 3.75. The molecule has 0 aliphatic carbocycles. The van der Waals surface area contributed by atoms with Gasteiger partial charge >= 0.3 is 0 Å². The molecule has 0 aromatic carbocycles. The molecule has 0 N–H and O–H groups in total. The van der Waals surface area contributed by atoms with Gasteiger partial charge < -0.3 is 19.1 Å². The van der Waals surface area contributed by atoms with Crippen molar-refractivity contribution in [3.05, 3.63) is 18.0 Å². The first-order chi connectivity index (χ1) is 13.2. The Hall–Kier alpha value is -1.93. The second-order valence-electron chi connectivity index (χ2n) is 7.68. The van der Waals surface area contributed by atoms with Crippen molar-refractivity contribution in [1.29, 1.82) is 0 Å². The molecule has 3 aliphatic heterocycles. The highest BCUT2D eigenvalue weighted by molar-refractivity contribution is 5.92. The Bertz CT molecular complexity index is 636. The number of morpholine rings is 1. The van der Waals surface area contributed by atoms with E-state index in [0.29, 0.717) is 30.9 Å². The molecule has 27 heavy (non-hydrogen) atoms. The van der Waals surface area contributed by atoms with Gasteiger partial charge in [-0.25, -0.2) is 0 Å². The Morgan fingerprint density at radius 1 is 1.00 bits per heavy atom. The number of piperidine rings is 2. The third-order valence-corrected chi connectivity index (χ3v) is 6.05. The van der Waals surface area contributed by atoms with Gasteiger partial charge in [0.05, 0.1) is 19.1 Å². The summed E-state index contributed by atoms with van der Waals surface area (Å²) in [6.07, 6.45) is 5.37. The highest BCUT2D eigenvalue weighted by Crippen LogP contribution is 2.26. The van der Waals surface area contributed by atoms with Crippen molar-refractivity contribution >= 4 is 11.8 Å². The van der Waals surface area contributed by atoms with E-state index < -0.39 is 0 Å². The van der Waals surface area contributed by atoms with Crippen LogP contribution in [0.1, 0.15) is 36.2 Å². The fraction of sp³-hybridized carbons (Fsp3) is 0.737. The van der Waals surface area contributed by atoms with E-state index in [1.165, 1.54) is 6.26 Å². The zero-order valence-corrected chi connectivity index (χ0v) is 15.7. The molecule has 8 heteroatoms. The zero-order chi connectivity index (χ0) is 18.6. The Morgan fingerprint density at radius 2 is 1.78 bits per heavy atom. The average Bonchev–Trinajstić information content (AvgIpc) is 3.28. The molecule has 8 nitrogen and oxygen atoms in total. The van der Waals surface area contributed by atoms with E-state index in [1.807, 2.05) is 9.80 Å². The number of hydrogen-bond donors (Lipinski definition) is 0. The average molecular weight is 376 g/mol. The first-order valence-electron chi connectivity index (χ1n) is 10.0. The number of aromatic nitrogens is 1. The van der Waals surface area contributed by atoms with Crippen LogP contribution in [0.5, 0.6) is 0 Å². The zero-order valence-electron chi connectivity index (χ0n) is 15.7. The van der Waals surface area contributed by atoms with Gasteiger partial charge in [-0.3, -0.25) is 14.5 Å². The number of nitrogens with zero attached hydrogens (tertiary/aromatic N) is 4. The molecule has 1 aromatic heterocycles. The Balaban J connectivity index is 1.29. The number of carbonyl (C=O) groups excluding carboxylic acids is 2. The van der Waals surface area contributed by atoms with Crippen LogP contribution in [0, 0.1) is 5.92 Å². The van der Waals surface area contributed by atoms with Crippen molar-refractivity contribution in [2.75, 3.05) is 52.5 Å². The van der Waals surface area contributed by atoms with E-state index in [1.54, 1.807) is 6.07 Å². The molecule has 3 aliphatic rings. The van der Waals surface area contributed by atoms with Crippen molar-refractivity contribution in [2.24, 2.45) is 5.92 Å². The maximum Gasteiger partial charge on any atom is 0.276 e. The summed E-state index contributed by atoms with van der Waals surface area (Å²) in [6.45, 7) is 6.10. The number of carbonyl (C=O) groups is 2. The first kappa shape index (κ1) is 18.4. The molecule has 2 amide bonds. The number of hydrogen-bond acceptors (Lipinski definition) is 6. The summed E-state index contributed by atoms with van der Waals surface area (Å²) in [5.41, 5.74) is 0.377. The fourth-order valence-electron chi connectivity index (χ4n) is 4.50. The standard InChI is InChI=1S/C19H28N4O4/c24-18(22-9-12-26-13-10-22)15-2-1-6-23(14-15)16-3-7-21(8-4-16)19(25)17-5-11-27-20-17/h5,11,15-16H,1-4,6-10,12-14H2. The molecule has 1 aromatic rings. The van der Waals surface area contributed by atoms with Gasteiger partial charge in [-0.2, -0.15) is 0 Å². The Labute approximate surface area is 159 Å². The van der Waals surface area contributed by atoms with Gasteiger partial charge in [-0.15, -0.1) is 0 Å². The van der Waals surface area contributed by atoms with Crippen LogP contribution in [0.15, 0.2) is 16.9 Å². The van der Waals surface area contributed by atoms with Crippen molar-refractivity contribution < 1.29 is 18.8 Å². The Kier molecular flexibility index (Phi) is 5.73. The second kappa shape index (κ2) is 8.39. The minimum absolute atomic E-state index is 0.0544. The van der Waals surface area contributed by atoms with Crippen molar-refractivity contribution in [3.8, 4) is 0 Å². The summed E-state index contributed by atoms with van der Waals surface area (Å²) in [4.78, 5) is 31.5. The minimum atomic E-state index is -0.0544. The quantitative estimate of drug-likeness (QED) is 0.778. The van der Waals surface area contributed by atoms with Crippen molar-refractivity contribution in [1.82, 2.24) is 19.9 Å². The monoisotopic (exact) mass is 376 g/mol. The van der Waals surface area contributed by atoms with Crippen LogP contribution in [0.25, 0.3) is 0 Å². The smallest absolute Gasteiger partial charge is 0.276 e. The van der Waals surface area contributed by atoms with E-state index >= 15 is 0 Å². The van der Waals surface area contributed by atoms with E-state index in [2.05, 4.69) is 10.1 Å². The molecule has 1 unspecified atom stereocenters. The van der Waals surface area contributed by atoms with Gasteiger partial charge in [-0.05, 0) is 32.2 Å². The van der Waals surface area contributed by atoms with Gasteiger partial charge in [0.1, 0.15) is 6.26 Å². The largest absolute Gasteiger partial charge is 0.378 e. The molecule has 0 saturated carbocycles. The summed E-state index contributed by atoms with van der Waals surface area (Å²) in [5.74, 6) is 0.342. The van der Waals surface area contributed by atoms with E-state index in [0.717, 1.165) is 65.0 Å². The van der Waals surface area contributed by atoms with Crippen LogP contribution in [0.4, 0.5) is 0 Å². The van der Waals surface area contributed by atoms with Crippen molar-refractivity contribution in [2.45, 2.75) is 31.7 Å². The summed E-state index contributed by atoms with van der Waals surface area (Å²) in [7, 11) is 0. The molecule has 3 fully saturated rings. The highest BCUT2D eigenvalue weighted by Gasteiger charge is 2.34. The van der Waals surface area contributed by atoms with Crippen LogP contribution in [0.2, 0.25) is 0 Å². The third-order valence-electron chi connectivity index (χ3n) is 6.05. The fourth-order valence-corrected chi connectivity index (χ4v) is 4.50. The molecule has 1 atom stereocenters. The van der Waals surface area contributed by atoms with E-state index in [-0.39, 0.29) is 11.8 Å². The molecular formula is C19H28N4O4. The lowest BCUT2D eigenvalue weighted by molar-refractivity contribution is -0.141. The van der Waals surface area contributed by atoms with Crippen molar-refractivity contribution in [3.63, 3.8) is 0 Å². The molecule has 4 heterocycles. The minimum Gasteiger partial charge on any atom is -0.378 e.